The number of esters is 1. The van der Waals surface area contributed by atoms with E-state index >= 15 is 0 Å². The molecule has 1 aromatic heterocycles. The van der Waals surface area contributed by atoms with Crippen LogP contribution in [0.3, 0.4) is 0 Å². The van der Waals surface area contributed by atoms with E-state index in [1.54, 1.807) is 0 Å². The summed E-state index contributed by atoms with van der Waals surface area (Å²) in [5.74, 6) is 0.292. The Kier molecular flexibility index (Phi) is 6.22. The van der Waals surface area contributed by atoms with Crippen molar-refractivity contribution in [1.82, 2.24) is 5.32 Å². The molecule has 6 heteroatoms. The molecule has 0 bridgehead atoms. The number of carbonyl (C=O) groups is 2. The highest BCUT2D eigenvalue weighted by molar-refractivity contribution is 5.82. The Balaban J connectivity index is 1.47. The van der Waals surface area contributed by atoms with Gasteiger partial charge in [-0.05, 0) is 51.0 Å². The molecule has 0 saturated carbocycles. The molecule has 3 aromatic rings. The average Bonchev–Trinajstić information content (AvgIpc) is 3.10. The zero-order chi connectivity index (χ0) is 21.0. The van der Waals surface area contributed by atoms with Crippen LogP contribution in [-0.4, -0.2) is 25.1 Å². The summed E-state index contributed by atoms with van der Waals surface area (Å²) in [6, 6.07) is 13.1. The topological polar surface area (TPSA) is 77.8 Å². The van der Waals surface area contributed by atoms with E-state index in [0.29, 0.717) is 11.5 Å². The van der Waals surface area contributed by atoms with Gasteiger partial charge in [0.1, 0.15) is 17.1 Å². The lowest BCUT2D eigenvalue weighted by Crippen LogP contribution is -2.31. The molecule has 0 aliphatic heterocycles. The van der Waals surface area contributed by atoms with Crippen LogP contribution in [0.4, 0.5) is 0 Å². The molecule has 0 saturated heterocycles. The maximum absolute atomic E-state index is 12.1. The lowest BCUT2D eigenvalue weighted by Gasteiger charge is -2.13. The predicted molar refractivity (Wildman–Crippen MR) is 110 cm³/mol. The molecule has 0 spiro atoms. The number of furan rings is 1. The lowest BCUT2D eigenvalue weighted by atomic mass is 10.1. The summed E-state index contributed by atoms with van der Waals surface area (Å²) in [6.07, 6.45) is 0. The van der Waals surface area contributed by atoms with E-state index in [-0.39, 0.29) is 19.3 Å². The second kappa shape index (κ2) is 8.82. The predicted octanol–water partition coefficient (Wildman–Crippen LogP) is 4.16. The number of hydrogen-bond acceptors (Lipinski definition) is 5. The monoisotopic (exact) mass is 395 g/mol. The smallest absolute Gasteiger partial charge is 0.344 e. The van der Waals surface area contributed by atoms with Crippen molar-refractivity contribution in [3.05, 3.63) is 64.9 Å². The van der Waals surface area contributed by atoms with Gasteiger partial charge in [-0.2, -0.15) is 0 Å². The van der Waals surface area contributed by atoms with Gasteiger partial charge in [0.15, 0.2) is 13.2 Å². The number of fused-ring (bicyclic) bond motifs is 1. The molecule has 0 aliphatic rings. The van der Waals surface area contributed by atoms with Crippen molar-refractivity contribution in [2.75, 3.05) is 13.2 Å². The number of para-hydroxylation sites is 1. The minimum atomic E-state index is -0.601. The molecule has 1 heterocycles. The van der Waals surface area contributed by atoms with Gasteiger partial charge in [0.2, 0.25) is 0 Å². The second-order valence-corrected chi connectivity index (χ2v) is 7.15. The Labute approximate surface area is 169 Å². The summed E-state index contributed by atoms with van der Waals surface area (Å²) < 4.78 is 16.3. The highest BCUT2D eigenvalue weighted by atomic mass is 16.6. The molecule has 1 atom stereocenters. The number of aryl methyl sites for hydroxylation is 3. The summed E-state index contributed by atoms with van der Waals surface area (Å²) in [4.78, 5) is 24.0. The lowest BCUT2D eigenvalue weighted by molar-refractivity contribution is -0.150. The maximum atomic E-state index is 12.1. The van der Waals surface area contributed by atoms with Crippen molar-refractivity contribution < 1.29 is 23.5 Å². The summed E-state index contributed by atoms with van der Waals surface area (Å²) in [6.45, 7) is 7.03. The van der Waals surface area contributed by atoms with Crippen LogP contribution in [0.1, 0.15) is 35.4 Å². The third-order valence-corrected chi connectivity index (χ3v) is 4.55. The van der Waals surface area contributed by atoms with Crippen molar-refractivity contribution in [3.8, 4) is 5.75 Å². The third kappa shape index (κ3) is 5.16. The van der Waals surface area contributed by atoms with Crippen molar-refractivity contribution in [1.29, 1.82) is 0 Å². The number of ether oxygens (including phenoxy) is 2. The van der Waals surface area contributed by atoms with Gasteiger partial charge in [0.05, 0.1) is 6.04 Å². The molecule has 1 N–H and O–H groups in total. The minimum absolute atomic E-state index is 0.253. The van der Waals surface area contributed by atoms with E-state index < -0.39 is 11.9 Å². The van der Waals surface area contributed by atoms with Gasteiger partial charge in [-0.1, -0.05) is 35.9 Å². The van der Waals surface area contributed by atoms with Gasteiger partial charge in [0.25, 0.3) is 5.91 Å². The fourth-order valence-electron chi connectivity index (χ4n) is 3.28. The summed E-state index contributed by atoms with van der Waals surface area (Å²) in [5.41, 5.74) is 3.79. The van der Waals surface area contributed by atoms with Gasteiger partial charge >= 0.3 is 5.97 Å². The molecule has 0 unspecified atom stereocenters. The zero-order valence-electron chi connectivity index (χ0n) is 17.1. The Hall–Kier alpha value is -3.28. The SMILES string of the molecule is Cc1cc(C)c(OCC(=O)OCC(=O)N[C@@H](C)c2cc3ccccc3o2)c(C)c1. The van der Waals surface area contributed by atoms with E-state index in [1.165, 1.54) is 0 Å². The molecule has 6 nitrogen and oxygen atoms in total. The summed E-state index contributed by atoms with van der Waals surface area (Å²) in [7, 11) is 0. The number of nitrogens with one attached hydrogen (secondary N) is 1. The van der Waals surface area contributed by atoms with Crippen LogP contribution in [0.25, 0.3) is 11.0 Å². The molecule has 0 aliphatic carbocycles. The molecule has 0 radical (unpaired) electrons. The molecular weight excluding hydrogens is 370 g/mol. The van der Waals surface area contributed by atoms with Gasteiger partial charge in [0, 0.05) is 5.39 Å². The van der Waals surface area contributed by atoms with Crippen LogP contribution >= 0.6 is 0 Å². The van der Waals surface area contributed by atoms with Crippen LogP contribution in [0, 0.1) is 20.8 Å². The number of carbonyl (C=O) groups excluding carboxylic acids is 2. The van der Waals surface area contributed by atoms with Crippen molar-refractivity contribution in [2.24, 2.45) is 0 Å². The third-order valence-electron chi connectivity index (χ3n) is 4.55. The molecule has 152 valence electrons. The van der Waals surface area contributed by atoms with E-state index in [9.17, 15) is 9.59 Å². The van der Waals surface area contributed by atoms with Gasteiger partial charge < -0.3 is 19.2 Å². The maximum Gasteiger partial charge on any atom is 0.344 e. The van der Waals surface area contributed by atoms with Crippen LogP contribution in [0.2, 0.25) is 0 Å². The van der Waals surface area contributed by atoms with Crippen LogP contribution in [0.5, 0.6) is 5.75 Å². The quantitative estimate of drug-likeness (QED) is 0.608. The first-order valence-corrected chi connectivity index (χ1v) is 9.47. The van der Waals surface area contributed by atoms with Crippen LogP contribution < -0.4 is 10.1 Å². The first kappa shape index (κ1) is 20.5. The van der Waals surface area contributed by atoms with Crippen molar-refractivity contribution >= 4 is 22.8 Å². The number of benzene rings is 2. The highest BCUT2D eigenvalue weighted by Gasteiger charge is 2.16. The Bertz CT molecular complexity index is 981. The molecule has 3 rings (SSSR count). The fraction of sp³-hybridized carbons (Fsp3) is 0.304. The number of rotatable bonds is 7. The van der Waals surface area contributed by atoms with E-state index in [2.05, 4.69) is 5.32 Å². The second-order valence-electron chi connectivity index (χ2n) is 7.15. The number of amides is 1. The van der Waals surface area contributed by atoms with E-state index in [4.69, 9.17) is 13.9 Å². The van der Waals surface area contributed by atoms with Crippen LogP contribution in [-0.2, 0) is 14.3 Å². The first-order valence-electron chi connectivity index (χ1n) is 9.47. The van der Waals surface area contributed by atoms with Gasteiger partial charge in [-0.3, -0.25) is 4.79 Å². The summed E-state index contributed by atoms with van der Waals surface area (Å²) in [5, 5.41) is 3.73. The van der Waals surface area contributed by atoms with Crippen LogP contribution in [0.15, 0.2) is 46.9 Å². The van der Waals surface area contributed by atoms with E-state index in [1.807, 2.05) is 70.2 Å². The van der Waals surface area contributed by atoms with Crippen molar-refractivity contribution in [3.63, 3.8) is 0 Å². The standard InChI is InChI=1S/C23H25NO5/c1-14-9-15(2)23(16(3)10-14)28-13-22(26)27-12-21(25)24-17(4)20-11-18-7-5-6-8-19(18)29-20/h5-11,17H,12-13H2,1-4H3,(H,24,25)/t17-/m0/s1. The molecule has 29 heavy (non-hydrogen) atoms. The summed E-state index contributed by atoms with van der Waals surface area (Å²) >= 11 is 0. The average molecular weight is 395 g/mol. The highest BCUT2D eigenvalue weighted by Crippen LogP contribution is 2.25. The van der Waals surface area contributed by atoms with Crippen molar-refractivity contribution in [2.45, 2.75) is 33.7 Å². The first-order chi connectivity index (χ1) is 13.8. The van der Waals surface area contributed by atoms with Gasteiger partial charge in [-0.25, -0.2) is 4.79 Å². The normalized spacial score (nSPS) is 11.9. The van der Waals surface area contributed by atoms with Gasteiger partial charge in [-0.15, -0.1) is 0 Å². The Morgan fingerprint density at radius 3 is 2.41 bits per heavy atom. The molecule has 2 aromatic carbocycles. The number of hydrogen-bond donors (Lipinski definition) is 1. The Morgan fingerprint density at radius 1 is 1.03 bits per heavy atom. The molecule has 1 amide bonds. The molecule has 0 fully saturated rings. The molecular formula is C23H25NO5. The minimum Gasteiger partial charge on any atom is -0.481 e. The fourth-order valence-corrected chi connectivity index (χ4v) is 3.28. The largest absolute Gasteiger partial charge is 0.481 e. The zero-order valence-corrected chi connectivity index (χ0v) is 17.1. The van der Waals surface area contributed by atoms with E-state index in [0.717, 1.165) is 27.7 Å². The Morgan fingerprint density at radius 2 is 1.72 bits per heavy atom.